The molecule has 2 heterocycles. The monoisotopic (exact) mass is 252 g/mol. The van der Waals surface area contributed by atoms with Crippen LogP contribution in [0.1, 0.15) is 38.5 Å². The van der Waals surface area contributed by atoms with E-state index in [-0.39, 0.29) is 12.0 Å². The average molecular weight is 252 g/mol. The van der Waals surface area contributed by atoms with Gasteiger partial charge in [-0.15, -0.1) is 0 Å². The predicted octanol–water partition coefficient (Wildman–Crippen LogP) is 1.16. The van der Waals surface area contributed by atoms with Crippen LogP contribution in [0, 0.1) is 5.92 Å². The van der Waals surface area contributed by atoms with Gasteiger partial charge in [0.25, 0.3) is 5.91 Å². The Hall–Kier alpha value is -0.610. The topological polar surface area (TPSA) is 41.6 Å². The molecule has 4 heteroatoms. The van der Waals surface area contributed by atoms with Gasteiger partial charge in [-0.2, -0.15) is 0 Å². The fourth-order valence-electron chi connectivity index (χ4n) is 2.94. The van der Waals surface area contributed by atoms with Gasteiger partial charge in [0.2, 0.25) is 0 Å². The minimum absolute atomic E-state index is 0.138. The third-order valence-corrected chi connectivity index (χ3v) is 4.40. The first-order valence-corrected chi connectivity index (χ1v) is 7.46. The van der Waals surface area contributed by atoms with Crippen LogP contribution in [-0.4, -0.2) is 49.2 Å². The van der Waals surface area contributed by atoms with Gasteiger partial charge in [0, 0.05) is 25.7 Å². The number of hydrogen-bond acceptors (Lipinski definition) is 3. The summed E-state index contributed by atoms with van der Waals surface area (Å²) in [5.74, 6) is 1.17. The Labute approximate surface area is 109 Å². The van der Waals surface area contributed by atoms with Crippen LogP contribution in [0.3, 0.4) is 0 Å². The summed E-state index contributed by atoms with van der Waals surface area (Å²) >= 11 is 0. The number of ether oxygens (including phenoxy) is 1. The lowest BCUT2D eigenvalue weighted by molar-refractivity contribution is -0.142. The van der Waals surface area contributed by atoms with Crippen molar-refractivity contribution < 1.29 is 9.53 Å². The highest BCUT2D eigenvalue weighted by molar-refractivity contribution is 5.81. The molecule has 3 fully saturated rings. The number of likely N-dealkylation sites (tertiary alicyclic amines) is 1. The largest absolute Gasteiger partial charge is 0.368 e. The zero-order chi connectivity index (χ0) is 12.4. The van der Waals surface area contributed by atoms with Gasteiger partial charge in [0.15, 0.2) is 0 Å². The first-order chi connectivity index (χ1) is 8.83. The van der Waals surface area contributed by atoms with Crippen molar-refractivity contribution in [3.05, 3.63) is 0 Å². The highest BCUT2D eigenvalue weighted by Crippen LogP contribution is 2.28. The van der Waals surface area contributed by atoms with Gasteiger partial charge in [0.05, 0.1) is 0 Å². The third-order valence-electron chi connectivity index (χ3n) is 4.40. The Balaban J connectivity index is 1.39. The number of carbonyl (C=O) groups is 1. The summed E-state index contributed by atoms with van der Waals surface area (Å²) in [5, 5.41) is 3.64. The smallest absolute Gasteiger partial charge is 0.251 e. The number of hydrogen-bond donors (Lipinski definition) is 1. The molecule has 1 atom stereocenters. The summed E-state index contributed by atoms with van der Waals surface area (Å²) < 4.78 is 5.48. The van der Waals surface area contributed by atoms with Crippen LogP contribution in [0.4, 0.5) is 0 Å². The SMILES string of the molecule is O=C([C@@H]1CCCO1)N1CCC(NCC2CC2)CC1. The number of carbonyl (C=O) groups excluding carboxylic acids is 1. The lowest BCUT2D eigenvalue weighted by Crippen LogP contribution is -2.48. The maximum Gasteiger partial charge on any atom is 0.251 e. The minimum atomic E-state index is -0.138. The van der Waals surface area contributed by atoms with Crippen LogP contribution >= 0.6 is 0 Å². The predicted molar refractivity (Wildman–Crippen MR) is 69.3 cm³/mol. The quantitative estimate of drug-likeness (QED) is 0.816. The van der Waals surface area contributed by atoms with E-state index in [1.54, 1.807) is 0 Å². The van der Waals surface area contributed by atoms with Crippen LogP contribution in [-0.2, 0) is 9.53 Å². The van der Waals surface area contributed by atoms with E-state index in [9.17, 15) is 4.79 Å². The van der Waals surface area contributed by atoms with Crippen LogP contribution < -0.4 is 5.32 Å². The van der Waals surface area contributed by atoms with E-state index < -0.39 is 0 Å². The molecule has 0 spiro atoms. The summed E-state index contributed by atoms with van der Waals surface area (Å²) in [5.41, 5.74) is 0. The molecule has 0 aromatic rings. The summed E-state index contributed by atoms with van der Waals surface area (Å²) in [4.78, 5) is 14.2. The Morgan fingerprint density at radius 2 is 1.94 bits per heavy atom. The number of nitrogens with one attached hydrogen (secondary N) is 1. The van der Waals surface area contributed by atoms with E-state index in [4.69, 9.17) is 4.74 Å². The number of nitrogens with zero attached hydrogens (tertiary/aromatic N) is 1. The molecule has 1 N–H and O–H groups in total. The van der Waals surface area contributed by atoms with Crippen molar-refractivity contribution in [3.63, 3.8) is 0 Å². The van der Waals surface area contributed by atoms with Gasteiger partial charge in [-0.1, -0.05) is 0 Å². The molecule has 1 amide bonds. The molecule has 1 saturated carbocycles. The maximum atomic E-state index is 12.2. The van der Waals surface area contributed by atoms with E-state index in [0.29, 0.717) is 6.04 Å². The van der Waals surface area contributed by atoms with Crippen LogP contribution in [0.25, 0.3) is 0 Å². The van der Waals surface area contributed by atoms with E-state index in [1.807, 2.05) is 4.90 Å². The average Bonchev–Trinajstić information content (AvgIpc) is 3.08. The summed E-state index contributed by atoms with van der Waals surface area (Å²) in [6.07, 6.45) is 6.83. The molecule has 1 aliphatic carbocycles. The van der Waals surface area contributed by atoms with E-state index in [1.165, 1.54) is 19.4 Å². The first kappa shape index (κ1) is 12.4. The van der Waals surface area contributed by atoms with Gasteiger partial charge >= 0.3 is 0 Å². The molecule has 102 valence electrons. The highest BCUT2D eigenvalue weighted by Gasteiger charge is 2.31. The molecular weight excluding hydrogens is 228 g/mol. The van der Waals surface area contributed by atoms with E-state index in [2.05, 4.69) is 5.32 Å². The summed E-state index contributed by atoms with van der Waals surface area (Å²) in [6.45, 7) is 3.75. The molecule has 0 unspecified atom stereocenters. The van der Waals surface area contributed by atoms with Crippen molar-refractivity contribution in [1.29, 1.82) is 0 Å². The van der Waals surface area contributed by atoms with Crippen LogP contribution in [0.2, 0.25) is 0 Å². The van der Waals surface area contributed by atoms with Crippen molar-refractivity contribution in [2.24, 2.45) is 5.92 Å². The van der Waals surface area contributed by atoms with Gasteiger partial charge < -0.3 is 15.0 Å². The second kappa shape index (κ2) is 5.57. The molecule has 3 rings (SSSR count). The molecule has 0 aromatic carbocycles. The van der Waals surface area contributed by atoms with Crippen LogP contribution in [0.5, 0.6) is 0 Å². The van der Waals surface area contributed by atoms with Gasteiger partial charge in [-0.3, -0.25) is 4.79 Å². The molecule has 0 radical (unpaired) electrons. The van der Waals surface area contributed by atoms with E-state index >= 15 is 0 Å². The highest BCUT2D eigenvalue weighted by atomic mass is 16.5. The molecule has 18 heavy (non-hydrogen) atoms. The standard InChI is InChI=1S/C14H24N2O2/c17-14(13-2-1-9-18-13)16-7-5-12(6-8-16)15-10-11-3-4-11/h11-13,15H,1-10H2/t13-/m0/s1. The fraction of sp³-hybridized carbons (Fsp3) is 0.929. The Kier molecular flexibility index (Phi) is 3.85. The minimum Gasteiger partial charge on any atom is -0.368 e. The van der Waals surface area contributed by atoms with E-state index in [0.717, 1.165) is 51.3 Å². The van der Waals surface area contributed by atoms with Crippen molar-refractivity contribution >= 4 is 5.91 Å². The van der Waals surface area contributed by atoms with Crippen molar-refractivity contribution in [1.82, 2.24) is 10.2 Å². The van der Waals surface area contributed by atoms with Gasteiger partial charge in [-0.05, 0) is 51.0 Å². The lowest BCUT2D eigenvalue weighted by atomic mass is 10.0. The Morgan fingerprint density at radius 3 is 2.56 bits per heavy atom. The zero-order valence-electron chi connectivity index (χ0n) is 11.1. The molecule has 3 aliphatic rings. The van der Waals surface area contributed by atoms with Crippen molar-refractivity contribution in [3.8, 4) is 0 Å². The Bertz CT molecular complexity index is 290. The molecule has 0 bridgehead atoms. The second-order valence-electron chi connectivity index (χ2n) is 5.95. The van der Waals surface area contributed by atoms with Crippen LogP contribution in [0.15, 0.2) is 0 Å². The zero-order valence-corrected chi connectivity index (χ0v) is 11.1. The molecule has 2 saturated heterocycles. The second-order valence-corrected chi connectivity index (χ2v) is 5.95. The lowest BCUT2D eigenvalue weighted by Gasteiger charge is -2.33. The molecule has 4 nitrogen and oxygen atoms in total. The fourth-order valence-corrected chi connectivity index (χ4v) is 2.94. The number of rotatable bonds is 4. The van der Waals surface area contributed by atoms with Gasteiger partial charge in [0.1, 0.15) is 6.10 Å². The van der Waals surface area contributed by atoms with Crippen molar-refractivity contribution in [2.45, 2.75) is 50.7 Å². The maximum absolute atomic E-state index is 12.2. The first-order valence-electron chi connectivity index (χ1n) is 7.46. The Morgan fingerprint density at radius 1 is 1.17 bits per heavy atom. The molecule has 0 aromatic heterocycles. The number of amides is 1. The number of piperidine rings is 1. The summed E-state index contributed by atoms with van der Waals surface area (Å²) in [6, 6.07) is 0.624. The third kappa shape index (κ3) is 3.04. The molecular formula is C14H24N2O2. The normalized spacial score (nSPS) is 29.8. The summed E-state index contributed by atoms with van der Waals surface area (Å²) in [7, 11) is 0. The van der Waals surface area contributed by atoms with Gasteiger partial charge in [-0.25, -0.2) is 0 Å². The van der Waals surface area contributed by atoms with Crippen molar-refractivity contribution in [2.75, 3.05) is 26.2 Å². The molecule has 2 aliphatic heterocycles.